The number of morpholine rings is 1. The van der Waals surface area contributed by atoms with Gasteiger partial charge in [0.2, 0.25) is 0 Å². The fraction of sp³-hybridized carbons (Fsp3) is 0.292. The van der Waals surface area contributed by atoms with Crippen LogP contribution in [0.5, 0.6) is 0 Å². The molecule has 1 fully saturated rings. The van der Waals surface area contributed by atoms with Gasteiger partial charge in [0.15, 0.2) is 5.69 Å². The Kier molecular flexibility index (Phi) is 5.89. The summed E-state index contributed by atoms with van der Waals surface area (Å²) in [6.45, 7) is 7.19. The molecule has 0 saturated carbocycles. The molecule has 5 rings (SSSR count). The van der Waals surface area contributed by atoms with E-state index in [-0.39, 0.29) is 17.4 Å². The zero-order valence-electron chi connectivity index (χ0n) is 18.4. The predicted molar refractivity (Wildman–Crippen MR) is 123 cm³/mol. The molecule has 2 aromatic heterocycles. The van der Waals surface area contributed by atoms with Gasteiger partial charge in [-0.3, -0.25) is 9.69 Å². The molecule has 1 saturated heterocycles. The Hall–Kier alpha value is -3.56. The van der Waals surface area contributed by atoms with Crippen molar-refractivity contribution in [3.8, 4) is 5.69 Å². The van der Waals surface area contributed by atoms with Gasteiger partial charge in [0.25, 0.3) is 5.91 Å². The van der Waals surface area contributed by atoms with Crippen LogP contribution in [0.1, 0.15) is 16.2 Å². The molecule has 4 aromatic rings. The molecule has 1 aliphatic rings. The number of carbonyl (C=O) groups is 1. The number of hydrogen-bond acceptors (Lipinski definition) is 5. The van der Waals surface area contributed by atoms with Gasteiger partial charge >= 0.3 is 0 Å². The highest BCUT2D eigenvalue weighted by Gasteiger charge is 2.18. The number of benzene rings is 2. The van der Waals surface area contributed by atoms with Gasteiger partial charge < -0.3 is 14.6 Å². The van der Waals surface area contributed by atoms with Crippen LogP contribution >= 0.6 is 0 Å². The van der Waals surface area contributed by atoms with Gasteiger partial charge in [-0.05, 0) is 55.5 Å². The number of aromatic nitrogens is 4. The molecule has 1 aliphatic heterocycles. The number of rotatable bonds is 6. The molecule has 9 heteroatoms. The van der Waals surface area contributed by atoms with E-state index in [4.69, 9.17) is 4.74 Å². The van der Waals surface area contributed by atoms with Gasteiger partial charge in [0.05, 0.1) is 24.6 Å². The number of carbonyl (C=O) groups excluding carboxylic acids is 1. The van der Waals surface area contributed by atoms with Crippen molar-refractivity contribution in [2.24, 2.45) is 0 Å². The fourth-order valence-corrected chi connectivity index (χ4v) is 4.10. The Morgan fingerprint density at radius 3 is 2.67 bits per heavy atom. The molecule has 0 aliphatic carbocycles. The molecule has 170 valence electrons. The lowest BCUT2D eigenvalue weighted by atomic mass is 10.2. The predicted octanol–water partition coefficient (Wildman–Crippen LogP) is 3.25. The van der Waals surface area contributed by atoms with E-state index in [0.29, 0.717) is 17.1 Å². The number of ether oxygens (including phenoxy) is 1. The van der Waals surface area contributed by atoms with Crippen LogP contribution in [-0.4, -0.2) is 63.2 Å². The Morgan fingerprint density at radius 2 is 1.88 bits per heavy atom. The third-order valence-electron chi connectivity index (χ3n) is 5.97. The van der Waals surface area contributed by atoms with Gasteiger partial charge in [-0.25, -0.2) is 9.07 Å². The van der Waals surface area contributed by atoms with Crippen LogP contribution in [0.2, 0.25) is 0 Å². The molecule has 3 heterocycles. The maximum Gasteiger partial charge on any atom is 0.278 e. The summed E-state index contributed by atoms with van der Waals surface area (Å²) in [6.07, 6.45) is 2.08. The second-order valence-electron chi connectivity index (χ2n) is 8.10. The van der Waals surface area contributed by atoms with Crippen LogP contribution in [-0.2, 0) is 11.3 Å². The van der Waals surface area contributed by atoms with Gasteiger partial charge in [-0.2, -0.15) is 0 Å². The van der Waals surface area contributed by atoms with Crippen molar-refractivity contribution < 1.29 is 13.9 Å². The van der Waals surface area contributed by atoms with Crippen molar-refractivity contribution in [3.05, 3.63) is 71.9 Å². The molecule has 0 atom stereocenters. The minimum absolute atomic E-state index is 0.225. The van der Waals surface area contributed by atoms with Crippen LogP contribution in [0.25, 0.3) is 16.6 Å². The van der Waals surface area contributed by atoms with Gasteiger partial charge in [0, 0.05) is 49.0 Å². The third kappa shape index (κ3) is 4.50. The van der Waals surface area contributed by atoms with Gasteiger partial charge in [-0.1, -0.05) is 5.21 Å². The molecule has 33 heavy (non-hydrogen) atoms. The van der Waals surface area contributed by atoms with E-state index >= 15 is 0 Å². The molecule has 8 nitrogen and oxygen atoms in total. The SMILES string of the molecule is Cc1c(C(=O)Nc2ccc3c(ccn3CCN3CCOCC3)c2)nnn1-c1ccc(F)cc1. The largest absolute Gasteiger partial charge is 0.379 e. The molecule has 0 unspecified atom stereocenters. The molecule has 2 aromatic carbocycles. The van der Waals surface area contributed by atoms with Crippen LogP contribution in [0.15, 0.2) is 54.7 Å². The van der Waals surface area contributed by atoms with Crippen LogP contribution < -0.4 is 5.32 Å². The second kappa shape index (κ2) is 9.13. The summed E-state index contributed by atoms with van der Waals surface area (Å²) < 4.78 is 22.4. The van der Waals surface area contributed by atoms with E-state index in [1.165, 1.54) is 16.8 Å². The monoisotopic (exact) mass is 448 g/mol. The van der Waals surface area contributed by atoms with Crippen molar-refractivity contribution in [2.45, 2.75) is 13.5 Å². The summed E-state index contributed by atoms with van der Waals surface area (Å²) in [6, 6.07) is 13.8. The first-order valence-corrected chi connectivity index (χ1v) is 11.0. The minimum Gasteiger partial charge on any atom is -0.379 e. The first-order chi connectivity index (χ1) is 16.1. The van der Waals surface area contributed by atoms with Crippen molar-refractivity contribution >= 4 is 22.5 Å². The van der Waals surface area contributed by atoms with Crippen LogP contribution in [0, 0.1) is 12.7 Å². The minimum atomic E-state index is -0.341. The number of halogens is 1. The highest BCUT2D eigenvalue weighted by atomic mass is 19.1. The average Bonchev–Trinajstić information content (AvgIpc) is 3.42. The number of anilines is 1. The number of hydrogen-bond donors (Lipinski definition) is 1. The summed E-state index contributed by atoms with van der Waals surface area (Å²) in [5, 5.41) is 12.1. The number of amides is 1. The molecule has 1 N–H and O–H groups in total. The number of nitrogens with one attached hydrogen (secondary N) is 1. The van der Waals surface area contributed by atoms with Crippen molar-refractivity contribution in [1.29, 1.82) is 0 Å². The van der Waals surface area contributed by atoms with Gasteiger partial charge in [-0.15, -0.1) is 5.10 Å². The topological polar surface area (TPSA) is 77.2 Å². The summed E-state index contributed by atoms with van der Waals surface area (Å²) in [4.78, 5) is 15.3. The van der Waals surface area contributed by atoms with E-state index in [2.05, 4.69) is 37.4 Å². The molecule has 1 amide bonds. The van der Waals surface area contributed by atoms with Crippen LogP contribution in [0.3, 0.4) is 0 Å². The normalized spacial score (nSPS) is 14.6. The van der Waals surface area contributed by atoms with Crippen molar-refractivity contribution in [2.75, 3.05) is 38.2 Å². The first-order valence-electron chi connectivity index (χ1n) is 11.0. The Labute approximate surface area is 190 Å². The Bertz CT molecular complexity index is 1270. The Balaban J connectivity index is 1.28. The lowest BCUT2D eigenvalue weighted by Crippen LogP contribution is -2.38. The third-order valence-corrected chi connectivity index (χ3v) is 5.97. The van der Waals surface area contributed by atoms with Gasteiger partial charge in [0.1, 0.15) is 5.82 Å². The maximum atomic E-state index is 13.2. The van der Waals surface area contributed by atoms with Crippen molar-refractivity contribution in [3.63, 3.8) is 0 Å². The summed E-state index contributed by atoms with van der Waals surface area (Å²) in [5.74, 6) is -0.674. The number of nitrogens with zero attached hydrogens (tertiary/aromatic N) is 5. The number of fused-ring (bicyclic) bond motifs is 1. The molecular weight excluding hydrogens is 423 g/mol. The zero-order valence-corrected chi connectivity index (χ0v) is 18.4. The zero-order chi connectivity index (χ0) is 22.8. The molecule has 0 radical (unpaired) electrons. The molecule has 0 bridgehead atoms. The van der Waals surface area contributed by atoms with E-state index in [9.17, 15) is 9.18 Å². The Morgan fingerprint density at radius 1 is 1.09 bits per heavy atom. The quantitative estimate of drug-likeness (QED) is 0.490. The lowest BCUT2D eigenvalue weighted by molar-refractivity contribution is 0.0365. The molecular formula is C24H25FN6O2. The summed E-state index contributed by atoms with van der Waals surface area (Å²) in [7, 11) is 0. The second-order valence-corrected chi connectivity index (χ2v) is 8.10. The lowest BCUT2D eigenvalue weighted by Gasteiger charge is -2.26. The smallest absolute Gasteiger partial charge is 0.278 e. The van der Waals surface area contributed by atoms with Crippen LogP contribution in [0.4, 0.5) is 10.1 Å². The summed E-state index contributed by atoms with van der Waals surface area (Å²) in [5.41, 5.74) is 3.26. The highest BCUT2D eigenvalue weighted by Crippen LogP contribution is 2.22. The van der Waals surface area contributed by atoms with E-state index in [1.54, 1.807) is 19.1 Å². The molecule has 0 spiro atoms. The standard InChI is InChI=1S/C24H25FN6O2/c1-17-23(27-28-31(17)21-5-2-19(25)3-6-21)24(32)26-20-4-7-22-18(16-20)8-9-30(22)11-10-29-12-14-33-15-13-29/h2-9,16H,10-15H2,1H3,(H,26,32). The summed E-state index contributed by atoms with van der Waals surface area (Å²) >= 11 is 0. The van der Waals surface area contributed by atoms with E-state index in [0.717, 1.165) is 50.3 Å². The maximum absolute atomic E-state index is 13.2. The first kappa shape index (κ1) is 21.3. The van der Waals surface area contributed by atoms with E-state index in [1.807, 2.05) is 18.2 Å². The van der Waals surface area contributed by atoms with Crippen molar-refractivity contribution in [1.82, 2.24) is 24.5 Å². The highest BCUT2D eigenvalue weighted by molar-refractivity contribution is 6.04. The average molecular weight is 449 g/mol. The van der Waals surface area contributed by atoms with E-state index < -0.39 is 0 Å². The fourth-order valence-electron chi connectivity index (χ4n) is 4.10.